The number of nitrogens with one attached hydrogen (secondary N) is 1. The molecule has 25 heavy (non-hydrogen) atoms. The molecule has 1 aromatic carbocycles. The van der Waals surface area contributed by atoms with Crippen LogP contribution in [0.2, 0.25) is 5.02 Å². The first-order valence-electron chi connectivity index (χ1n) is 7.94. The number of halogens is 2. The smallest absolute Gasteiger partial charge is 0.263 e. The van der Waals surface area contributed by atoms with Crippen LogP contribution in [-0.2, 0) is 17.6 Å². The normalized spacial score (nSPS) is 16.2. The molecule has 0 fully saturated rings. The fourth-order valence-electron chi connectivity index (χ4n) is 2.89. The molecule has 4 nitrogen and oxygen atoms in total. The van der Waals surface area contributed by atoms with Gasteiger partial charge < -0.3 is 10.2 Å². The van der Waals surface area contributed by atoms with Crippen molar-refractivity contribution in [3.8, 4) is 0 Å². The minimum Gasteiger partial charge on any atom is -0.344 e. The largest absolute Gasteiger partial charge is 0.344 e. The van der Waals surface area contributed by atoms with E-state index in [1.807, 2.05) is 6.07 Å². The van der Waals surface area contributed by atoms with Gasteiger partial charge in [-0.05, 0) is 49.1 Å². The molecule has 1 aliphatic carbocycles. The zero-order valence-electron chi connectivity index (χ0n) is 13.9. The van der Waals surface area contributed by atoms with Crippen molar-refractivity contribution in [3.63, 3.8) is 0 Å². The predicted octanol–water partition coefficient (Wildman–Crippen LogP) is 3.99. The van der Waals surface area contributed by atoms with Gasteiger partial charge in [-0.25, -0.2) is 4.39 Å². The van der Waals surface area contributed by atoms with Gasteiger partial charge in [-0.15, -0.1) is 11.3 Å². The number of hydrogen-bond acceptors (Lipinski definition) is 3. The molecular formula is C18H18ClFN2O2S. The van der Waals surface area contributed by atoms with E-state index in [2.05, 4.69) is 5.32 Å². The van der Waals surface area contributed by atoms with Crippen LogP contribution in [0.4, 0.5) is 10.1 Å². The molecule has 132 valence electrons. The van der Waals surface area contributed by atoms with Crippen LogP contribution in [0.5, 0.6) is 0 Å². The summed E-state index contributed by atoms with van der Waals surface area (Å²) >= 11 is 7.26. The zero-order valence-corrected chi connectivity index (χ0v) is 15.5. The van der Waals surface area contributed by atoms with E-state index in [1.54, 1.807) is 19.0 Å². The van der Waals surface area contributed by atoms with Crippen LogP contribution < -0.4 is 5.32 Å². The van der Waals surface area contributed by atoms with E-state index in [0.29, 0.717) is 17.0 Å². The van der Waals surface area contributed by atoms with Crippen molar-refractivity contribution >= 4 is 40.4 Å². The van der Waals surface area contributed by atoms with Crippen molar-refractivity contribution in [2.24, 2.45) is 5.92 Å². The number of anilines is 1. The molecule has 0 aliphatic heterocycles. The number of carbonyl (C=O) groups is 2. The molecule has 0 radical (unpaired) electrons. The summed E-state index contributed by atoms with van der Waals surface area (Å²) in [7, 11) is 3.45. The number of benzene rings is 1. The SMILES string of the molecule is CN(C)C(=O)c1cc2c(s1)CC[C@H](C(=O)Nc1ccc(F)c(Cl)c1)C2. The Morgan fingerprint density at radius 3 is 2.76 bits per heavy atom. The second-order valence-electron chi connectivity index (χ2n) is 6.32. The van der Waals surface area contributed by atoms with Crippen LogP contribution >= 0.6 is 22.9 Å². The van der Waals surface area contributed by atoms with Gasteiger partial charge in [-0.2, -0.15) is 0 Å². The van der Waals surface area contributed by atoms with Crippen LogP contribution in [-0.4, -0.2) is 30.8 Å². The highest BCUT2D eigenvalue weighted by Crippen LogP contribution is 2.33. The van der Waals surface area contributed by atoms with E-state index in [-0.39, 0.29) is 22.8 Å². The van der Waals surface area contributed by atoms with Gasteiger partial charge in [0, 0.05) is 30.6 Å². The monoisotopic (exact) mass is 380 g/mol. The summed E-state index contributed by atoms with van der Waals surface area (Å²) < 4.78 is 13.2. The molecule has 0 unspecified atom stereocenters. The second-order valence-corrected chi connectivity index (χ2v) is 7.86. The Labute approximate surface area is 154 Å². The Morgan fingerprint density at radius 2 is 2.08 bits per heavy atom. The van der Waals surface area contributed by atoms with Crippen molar-refractivity contribution in [2.75, 3.05) is 19.4 Å². The third-order valence-corrected chi connectivity index (χ3v) is 5.77. The molecule has 0 bridgehead atoms. The lowest BCUT2D eigenvalue weighted by Gasteiger charge is -2.21. The fourth-order valence-corrected chi connectivity index (χ4v) is 4.30. The number of hydrogen-bond donors (Lipinski definition) is 1. The molecule has 3 rings (SSSR count). The van der Waals surface area contributed by atoms with Crippen molar-refractivity contribution < 1.29 is 14.0 Å². The van der Waals surface area contributed by atoms with Crippen LogP contribution in [0.25, 0.3) is 0 Å². The third kappa shape index (κ3) is 3.85. The molecule has 0 saturated carbocycles. The van der Waals surface area contributed by atoms with Crippen molar-refractivity contribution in [2.45, 2.75) is 19.3 Å². The second kappa shape index (κ2) is 7.14. The predicted molar refractivity (Wildman–Crippen MR) is 97.9 cm³/mol. The molecule has 0 spiro atoms. The number of amides is 2. The van der Waals surface area contributed by atoms with Crippen LogP contribution in [0.1, 0.15) is 26.5 Å². The topological polar surface area (TPSA) is 49.4 Å². The van der Waals surface area contributed by atoms with Crippen molar-refractivity contribution in [3.05, 3.63) is 50.4 Å². The maximum absolute atomic E-state index is 13.2. The standard InChI is InChI=1S/C18H18ClFN2O2S/c1-22(2)18(24)16-8-11-7-10(3-6-15(11)25-16)17(23)21-12-4-5-14(20)13(19)9-12/h4-5,8-10H,3,6-7H2,1-2H3,(H,21,23)/t10-/m0/s1. The number of aryl methyl sites for hydroxylation is 1. The van der Waals surface area contributed by atoms with Crippen LogP contribution in [0, 0.1) is 11.7 Å². The Morgan fingerprint density at radius 1 is 1.32 bits per heavy atom. The molecule has 1 N–H and O–H groups in total. The lowest BCUT2D eigenvalue weighted by molar-refractivity contribution is -0.120. The molecule has 0 saturated heterocycles. The summed E-state index contributed by atoms with van der Waals surface area (Å²) in [5.74, 6) is -0.812. The summed E-state index contributed by atoms with van der Waals surface area (Å²) in [5.41, 5.74) is 1.55. The van der Waals surface area contributed by atoms with E-state index in [0.717, 1.165) is 18.4 Å². The number of nitrogens with zero attached hydrogens (tertiary/aromatic N) is 1. The van der Waals surface area contributed by atoms with Crippen LogP contribution in [0.3, 0.4) is 0 Å². The first kappa shape index (κ1) is 17.9. The molecule has 1 aromatic heterocycles. The van der Waals surface area contributed by atoms with Gasteiger partial charge in [0.15, 0.2) is 0 Å². The summed E-state index contributed by atoms with van der Waals surface area (Å²) in [6.07, 6.45) is 2.11. The van der Waals surface area contributed by atoms with Crippen molar-refractivity contribution in [1.29, 1.82) is 0 Å². The molecule has 7 heteroatoms. The van der Waals surface area contributed by atoms with Gasteiger partial charge >= 0.3 is 0 Å². The minimum atomic E-state index is -0.515. The van der Waals surface area contributed by atoms with Gasteiger partial charge in [-0.1, -0.05) is 11.6 Å². The Kier molecular flexibility index (Phi) is 5.11. The number of thiophene rings is 1. The molecule has 1 aliphatic rings. The Hall–Kier alpha value is -1.92. The first-order valence-corrected chi connectivity index (χ1v) is 9.13. The summed E-state index contributed by atoms with van der Waals surface area (Å²) in [5, 5.41) is 2.78. The maximum atomic E-state index is 13.2. The highest BCUT2D eigenvalue weighted by molar-refractivity contribution is 7.14. The summed E-state index contributed by atoms with van der Waals surface area (Å²) in [6, 6.07) is 6.03. The van der Waals surface area contributed by atoms with Gasteiger partial charge in [-0.3, -0.25) is 9.59 Å². The Balaban J connectivity index is 1.70. The number of rotatable bonds is 3. The molecule has 2 aromatic rings. The minimum absolute atomic E-state index is 0.0126. The van der Waals surface area contributed by atoms with Crippen LogP contribution in [0.15, 0.2) is 24.3 Å². The fraction of sp³-hybridized carbons (Fsp3) is 0.333. The first-order chi connectivity index (χ1) is 11.8. The highest BCUT2D eigenvalue weighted by atomic mass is 35.5. The summed E-state index contributed by atoms with van der Waals surface area (Å²) in [4.78, 5) is 28.0. The number of fused-ring (bicyclic) bond motifs is 1. The van der Waals surface area contributed by atoms with E-state index in [1.165, 1.54) is 34.4 Å². The van der Waals surface area contributed by atoms with Gasteiger partial charge in [0.2, 0.25) is 5.91 Å². The van der Waals surface area contributed by atoms with E-state index in [4.69, 9.17) is 11.6 Å². The van der Waals surface area contributed by atoms with Gasteiger partial charge in [0.05, 0.1) is 9.90 Å². The highest BCUT2D eigenvalue weighted by Gasteiger charge is 2.28. The van der Waals surface area contributed by atoms with E-state index in [9.17, 15) is 14.0 Å². The Bertz CT molecular complexity index is 834. The average Bonchev–Trinajstić information content (AvgIpc) is 3.00. The molecule has 1 atom stereocenters. The molecule has 1 heterocycles. The average molecular weight is 381 g/mol. The van der Waals surface area contributed by atoms with E-state index < -0.39 is 5.82 Å². The molecular weight excluding hydrogens is 363 g/mol. The van der Waals surface area contributed by atoms with Gasteiger partial charge in [0.1, 0.15) is 5.82 Å². The lowest BCUT2D eigenvalue weighted by atomic mass is 9.87. The van der Waals surface area contributed by atoms with Crippen molar-refractivity contribution in [1.82, 2.24) is 4.90 Å². The maximum Gasteiger partial charge on any atom is 0.263 e. The number of carbonyl (C=O) groups excluding carboxylic acids is 2. The van der Waals surface area contributed by atoms with E-state index >= 15 is 0 Å². The quantitative estimate of drug-likeness (QED) is 0.875. The molecule has 2 amide bonds. The summed E-state index contributed by atoms with van der Waals surface area (Å²) in [6.45, 7) is 0. The van der Waals surface area contributed by atoms with Gasteiger partial charge in [0.25, 0.3) is 5.91 Å². The zero-order chi connectivity index (χ0) is 18.1. The lowest BCUT2D eigenvalue weighted by Crippen LogP contribution is -2.27. The third-order valence-electron chi connectivity index (χ3n) is 4.26.